The van der Waals surface area contributed by atoms with E-state index >= 15 is 0 Å². The second-order valence-electron chi connectivity index (χ2n) is 10.8. The van der Waals surface area contributed by atoms with Gasteiger partial charge in [-0.05, 0) is 73.5 Å². The number of methoxy groups -OCH3 is 1. The van der Waals surface area contributed by atoms with Crippen LogP contribution in [0.15, 0.2) is 97.3 Å². The van der Waals surface area contributed by atoms with Gasteiger partial charge in [-0.15, -0.1) is 0 Å². The Hall–Kier alpha value is -6.36. The molecule has 0 radical (unpaired) electrons. The van der Waals surface area contributed by atoms with Crippen LogP contribution in [0, 0.1) is 17.0 Å². The molecule has 0 atom stereocenters. The number of aryl methyl sites for hydroxylation is 1. The van der Waals surface area contributed by atoms with Crippen LogP contribution in [0.25, 0.3) is 22.2 Å². The maximum atomic E-state index is 13.5. The maximum Gasteiger partial charge on any atom is 0.340 e. The number of esters is 2. The Kier molecular flexibility index (Phi) is 7.96. The second-order valence-corrected chi connectivity index (χ2v) is 10.8. The summed E-state index contributed by atoms with van der Waals surface area (Å²) in [6.07, 6.45) is 3.33. The molecule has 4 heterocycles. The zero-order valence-corrected chi connectivity index (χ0v) is 25.6. The second kappa shape index (κ2) is 12.2. The highest BCUT2D eigenvalue weighted by Gasteiger charge is 2.24. The summed E-state index contributed by atoms with van der Waals surface area (Å²) in [6.45, 7) is 3.78. The topological polar surface area (TPSA) is 139 Å². The summed E-state index contributed by atoms with van der Waals surface area (Å²) in [4.78, 5) is 63.4. The highest BCUT2D eigenvalue weighted by molar-refractivity contribution is 6.12. The van der Waals surface area contributed by atoms with Gasteiger partial charge in [-0.25, -0.2) is 9.59 Å². The highest BCUT2D eigenvalue weighted by Crippen LogP contribution is 2.30. The lowest BCUT2D eigenvalue weighted by Gasteiger charge is -2.09. The van der Waals surface area contributed by atoms with Crippen molar-refractivity contribution in [1.29, 1.82) is 0 Å². The van der Waals surface area contributed by atoms with Crippen LogP contribution in [-0.4, -0.2) is 50.9 Å². The van der Waals surface area contributed by atoms with Crippen LogP contribution >= 0.6 is 0 Å². The molecule has 6 rings (SSSR count). The Morgan fingerprint density at radius 3 is 1.62 bits per heavy atom. The van der Waals surface area contributed by atoms with E-state index in [1.165, 1.54) is 43.5 Å². The fourth-order valence-electron chi connectivity index (χ4n) is 5.49. The van der Waals surface area contributed by atoms with Crippen LogP contribution in [0.5, 0.6) is 0 Å². The Morgan fingerprint density at radius 2 is 1.17 bits per heavy atom. The van der Waals surface area contributed by atoms with Crippen LogP contribution in [0.4, 0.5) is 5.69 Å². The fraction of sp³-hybridized carbons (Fsp3) is 0.111. The Morgan fingerprint density at radius 1 is 0.702 bits per heavy atom. The zero-order chi connectivity index (χ0) is 33.4. The molecule has 4 aromatic heterocycles. The molecular formula is C36H27N3O8. The molecule has 234 valence electrons. The van der Waals surface area contributed by atoms with Crippen LogP contribution in [0.1, 0.15) is 65.3 Å². The molecule has 0 aliphatic carbocycles. The van der Waals surface area contributed by atoms with Crippen molar-refractivity contribution in [3.8, 4) is 11.1 Å². The lowest BCUT2D eigenvalue weighted by molar-refractivity contribution is -0.384. The molecule has 11 nitrogen and oxygen atoms in total. The number of nitrogens with zero attached hydrogens (tertiary/aromatic N) is 3. The van der Waals surface area contributed by atoms with E-state index in [-0.39, 0.29) is 40.5 Å². The predicted molar refractivity (Wildman–Crippen MR) is 172 cm³/mol. The van der Waals surface area contributed by atoms with Crippen molar-refractivity contribution in [3.63, 3.8) is 0 Å². The number of hydrogen-bond donors (Lipinski definition) is 0. The molecule has 0 saturated heterocycles. The third kappa shape index (κ3) is 5.54. The molecular weight excluding hydrogens is 602 g/mol. The van der Waals surface area contributed by atoms with Gasteiger partial charge in [0, 0.05) is 35.7 Å². The van der Waals surface area contributed by atoms with Gasteiger partial charge in [0.1, 0.15) is 0 Å². The van der Waals surface area contributed by atoms with E-state index in [1.807, 2.05) is 19.1 Å². The molecule has 47 heavy (non-hydrogen) atoms. The van der Waals surface area contributed by atoms with E-state index in [9.17, 15) is 29.3 Å². The summed E-state index contributed by atoms with van der Waals surface area (Å²) in [5.41, 5.74) is 4.51. The number of nitro benzene ring substituents is 1. The number of pyridine rings is 2. The molecule has 0 fully saturated rings. The van der Waals surface area contributed by atoms with E-state index in [0.29, 0.717) is 33.4 Å². The van der Waals surface area contributed by atoms with Gasteiger partial charge in [-0.1, -0.05) is 29.8 Å². The first kappa shape index (κ1) is 30.7. The number of fused-ring (bicyclic) bond motifs is 2. The Labute approximate surface area is 267 Å². The summed E-state index contributed by atoms with van der Waals surface area (Å²) in [7, 11) is 1.24. The van der Waals surface area contributed by atoms with Crippen LogP contribution < -0.4 is 0 Å². The van der Waals surface area contributed by atoms with E-state index in [2.05, 4.69) is 0 Å². The van der Waals surface area contributed by atoms with E-state index < -0.39 is 22.6 Å². The molecule has 0 bridgehead atoms. The molecule has 0 N–H and O–H groups in total. The quantitative estimate of drug-likeness (QED) is 0.0764. The van der Waals surface area contributed by atoms with Crippen molar-refractivity contribution in [3.05, 3.63) is 147 Å². The standard InChI is InChI=1S/C36H27N3O8/c1-4-47-36(43)28-20-32(33(40)22-7-5-21(2)6-8-22)38-16-14-25(18-30(28)38)24-13-15-37-29(17-24)27(35(42)46-3)19-31(37)34(41)23-9-11-26(12-10-23)39(44)45/h5-20H,4H2,1-3H3. The minimum Gasteiger partial charge on any atom is -0.465 e. The number of aromatic nitrogens is 2. The third-order valence-electron chi connectivity index (χ3n) is 7.90. The number of carbonyl (C=O) groups is 4. The van der Waals surface area contributed by atoms with E-state index in [1.54, 1.807) is 64.5 Å². The van der Waals surface area contributed by atoms with E-state index in [4.69, 9.17) is 9.47 Å². The number of hydrogen-bond acceptors (Lipinski definition) is 8. The number of carbonyl (C=O) groups excluding carboxylic acids is 4. The minimum absolute atomic E-state index is 0.140. The maximum absolute atomic E-state index is 13.5. The highest BCUT2D eigenvalue weighted by atomic mass is 16.6. The van der Waals surface area contributed by atoms with E-state index in [0.717, 1.165) is 5.56 Å². The van der Waals surface area contributed by atoms with Gasteiger partial charge in [-0.3, -0.25) is 19.7 Å². The average molecular weight is 630 g/mol. The molecule has 0 aliphatic rings. The van der Waals surface area contributed by atoms with Crippen LogP contribution in [0.3, 0.4) is 0 Å². The van der Waals surface area contributed by atoms with Gasteiger partial charge in [0.15, 0.2) is 0 Å². The molecule has 11 heteroatoms. The molecule has 0 saturated carbocycles. The summed E-state index contributed by atoms with van der Waals surface area (Å²) >= 11 is 0. The first-order chi connectivity index (χ1) is 22.6. The molecule has 0 amide bonds. The minimum atomic E-state index is -0.659. The smallest absolute Gasteiger partial charge is 0.340 e. The first-order valence-electron chi connectivity index (χ1n) is 14.6. The number of benzene rings is 2. The molecule has 0 spiro atoms. The fourth-order valence-corrected chi connectivity index (χ4v) is 5.49. The SMILES string of the molecule is CCOC(=O)c1cc(C(=O)c2ccc(C)cc2)n2ccc(-c3ccn4c(C(=O)c5ccc([N+](=O)[O-])cc5)cc(C(=O)OC)c4c3)cc12. The Bertz CT molecular complexity index is 2240. The van der Waals surface area contributed by atoms with Gasteiger partial charge in [0.05, 0.1) is 52.2 Å². The summed E-state index contributed by atoms with van der Waals surface area (Å²) in [5, 5.41) is 11.1. The summed E-state index contributed by atoms with van der Waals surface area (Å²) in [5.74, 6) is -1.94. The number of nitro groups is 1. The normalized spacial score (nSPS) is 11.0. The van der Waals surface area contributed by atoms with Gasteiger partial charge in [0.25, 0.3) is 5.69 Å². The predicted octanol–water partition coefficient (Wildman–Crippen LogP) is 6.50. The number of rotatable bonds is 9. The molecule has 2 aromatic carbocycles. The largest absolute Gasteiger partial charge is 0.465 e. The molecule has 0 aliphatic heterocycles. The number of ether oxygens (including phenoxy) is 2. The van der Waals surface area contributed by atoms with Gasteiger partial charge in [0.2, 0.25) is 11.6 Å². The van der Waals surface area contributed by atoms with Crippen molar-refractivity contribution in [1.82, 2.24) is 8.80 Å². The third-order valence-corrected chi connectivity index (χ3v) is 7.90. The zero-order valence-electron chi connectivity index (χ0n) is 25.6. The van der Waals surface area contributed by atoms with Gasteiger partial charge < -0.3 is 18.3 Å². The summed E-state index contributed by atoms with van der Waals surface area (Å²) in [6, 6.07) is 22.3. The van der Waals surface area contributed by atoms with Crippen molar-refractivity contribution >= 4 is 40.2 Å². The monoisotopic (exact) mass is 629 g/mol. The van der Waals surface area contributed by atoms with Crippen molar-refractivity contribution in [2.24, 2.45) is 0 Å². The Balaban J connectivity index is 1.46. The average Bonchev–Trinajstić information content (AvgIpc) is 3.66. The van der Waals surface area contributed by atoms with Gasteiger partial charge in [-0.2, -0.15) is 0 Å². The van der Waals surface area contributed by atoms with Crippen molar-refractivity contribution in [2.75, 3.05) is 13.7 Å². The lowest BCUT2D eigenvalue weighted by Crippen LogP contribution is -2.05. The van der Waals surface area contributed by atoms with Crippen LogP contribution in [-0.2, 0) is 9.47 Å². The summed E-state index contributed by atoms with van der Waals surface area (Å²) < 4.78 is 13.5. The van der Waals surface area contributed by atoms with Crippen molar-refractivity contribution in [2.45, 2.75) is 13.8 Å². The van der Waals surface area contributed by atoms with Crippen molar-refractivity contribution < 1.29 is 33.6 Å². The first-order valence-corrected chi connectivity index (χ1v) is 14.6. The van der Waals surface area contributed by atoms with Gasteiger partial charge >= 0.3 is 11.9 Å². The number of non-ortho nitro benzene ring substituents is 1. The lowest BCUT2D eigenvalue weighted by atomic mass is 10.1. The molecule has 0 unspecified atom stereocenters. The number of ketones is 2. The van der Waals surface area contributed by atoms with Crippen LogP contribution in [0.2, 0.25) is 0 Å². The molecule has 6 aromatic rings.